The largest absolute Gasteiger partial charge is 0.493 e. The fourth-order valence-corrected chi connectivity index (χ4v) is 2.05. The highest BCUT2D eigenvalue weighted by Crippen LogP contribution is 2.28. The summed E-state index contributed by atoms with van der Waals surface area (Å²) in [6, 6.07) is 6.51. The number of carboxylic acids is 1. The second-order valence-electron chi connectivity index (χ2n) is 4.95. The SMILES string of the molecule is C#CCOc1ccc(/C=C/C(=O)Nc2ccncc2C(=O)O)cc1OC. The number of nitrogens with one attached hydrogen (secondary N) is 1. The number of hydrogen-bond donors (Lipinski definition) is 2. The first-order valence-electron chi connectivity index (χ1n) is 7.46. The molecule has 0 spiro atoms. The number of carbonyl (C=O) groups excluding carboxylic acids is 1. The molecule has 0 fully saturated rings. The number of aromatic carboxylic acids is 1. The lowest BCUT2D eigenvalue weighted by Gasteiger charge is -2.09. The summed E-state index contributed by atoms with van der Waals surface area (Å²) < 4.78 is 10.6. The van der Waals surface area contributed by atoms with Crippen LogP contribution < -0.4 is 14.8 Å². The molecule has 0 saturated heterocycles. The molecule has 132 valence electrons. The highest BCUT2D eigenvalue weighted by molar-refractivity contribution is 6.05. The minimum atomic E-state index is -1.18. The number of aromatic nitrogens is 1. The number of benzene rings is 1. The Kier molecular flexibility index (Phi) is 6.34. The monoisotopic (exact) mass is 352 g/mol. The number of ether oxygens (including phenoxy) is 2. The Hall–Kier alpha value is -3.79. The Morgan fingerprint density at radius 3 is 2.85 bits per heavy atom. The summed E-state index contributed by atoms with van der Waals surface area (Å²) in [5.74, 6) is 1.68. The Labute approximate surface area is 150 Å². The van der Waals surface area contributed by atoms with Crippen molar-refractivity contribution >= 4 is 23.6 Å². The van der Waals surface area contributed by atoms with Gasteiger partial charge in [-0.3, -0.25) is 9.78 Å². The quantitative estimate of drug-likeness (QED) is 0.587. The van der Waals surface area contributed by atoms with Crippen molar-refractivity contribution in [1.82, 2.24) is 4.98 Å². The number of pyridine rings is 1. The molecular weight excluding hydrogens is 336 g/mol. The molecule has 2 N–H and O–H groups in total. The summed E-state index contributed by atoms with van der Waals surface area (Å²) in [5.41, 5.74) is 0.766. The molecule has 0 bridgehead atoms. The molecule has 0 radical (unpaired) electrons. The van der Waals surface area contributed by atoms with E-state index in [2.05, 4.69) is 16.2 Å². The molecule has 0 aliphatic carbocycles. The third-order valence-corrected chi connectivity index (χ3v) is 3.24. The van der Waals surface area contributed by atoms with Crippen molar-refractivity contribution in [2.45, 2.75) is 0 Å². The number of anilines is 1. The van der Waals surface area contributed by atoms with Crippen LogP contribution in [0, 0.1) is 12.3 Å². The summed E-state index contributed by atoms with van der Waals surface area (Å²) in [6.45, 7) is 0.117. The van der Waals surface area contributed by atoms with Gasteiger partial charge in [0.2, 0.25) is 5.91 Å². The lowest BCUT2D eigenvalue weighted by Crippen LogP contribution is -2.12. The molecule has 7 heteroatoms. The second kappa shape index (κ2) is 8.89. The number of amides is 1. The first kappa shape index (κ1) is 18.5. The Bertz CT molecular complexity index is 884. The minimum Gasteiger partial charge on any atom is -0.493 e. The Morgan fingerprint density at radius 2 is 2.15 bits per heavy atom. The zero-order chi connectivity index (χ0) is 18.9. The van der Waals surface area contributed by atoms with E-state index in [1.807, 2.05) is 0 Å². The fraction of sp³-hybridized carbons (Fsp3) is 0.105. The van der Waals surface area contributed by atoms with Crippen molar-refractivity contribution < 1.29 is 24.2 Å². The Balaban J connectivity index is 2.11. The molecule has 7 nitrogen and oxygen atoms in total. The molecule has 0 saturated carbocycles. The molecule has 0 aliphatic heterocycles. The zero-order valence-corrected chi connectivity index (χ0v) is 13.9. The van der Waals surface area contributed by atoms with Crippen LogP contribution in [0.15, 0.2) is 42.7 Å². The smallest absolute Gasteiger partial charge is 0.339 e. The normalized spacial score (nSPS) is 10.2. The van der Waals surface area contributed by atoms with Gasteiger partial charge in [0.15, 0.2) is 11.5 Å². The van der Waals surface area contributed by atoms with Crippen LogP contribution in [-0.4, -0.2) is 35.7 Å². The molecule has 1 aromatic heterocycles. The van der Waals surface area contributed by atoms with Crippen LogP contribution in [-0.2, 0) is 4.79 Å². The first-order chi connectivity index (χ1) is 12.5. The number of rotatable bonds is 7. The lowest BCUT2D eigenvalue weighted by atomic mass is 10.2. The minimum absolute atomic E-state index is 0.0917. The molecule has 2 aromatic rings. The van der Waals surface area contributed by atoms with Gasteiger partial charge in [0.25, 0.3) is 0 Å². The van der Waals surface area contributed by atoms with E-state index in [0.717, 1.165) is 0 Å². The van der Waals surface area contributed by atoms with Gasteiger partial charge < -0.3 is 19.9 Å². The van der Waals surface area contributed by atoms with Crippen LogP contribution in [0.3, 0.4) is 0 Å². The van der Waals surface area contributed by atoms with Gasteiger partial charge >= 0.3 is 5.97 Å². The zero-order valence-electron chi connectivity index (χ0n) is 13.9. The summed E-state index contributed by atoms with van der Waals surface area (Å²) in [6.07, 6.45) is 10.6. The first-order valence-corrected chi connectivity index (χ1v) is 7.46. The van der Waals surface area contributed by atoms with E-state index in [1.54, 1.807) is 24.3 Å². The predicted molar refractivity (Wildman–Crippen MR) is 96.2 cm³/mol. The molecule has 1 aromatic carbocycles. The van der Waals surface area contributed by atoms with Gasteiger partial charge in [0.05, 0.1) is 12.8 Å². The van der Waals surface area contributed by atoms with Crippen LogP contribution in [0.1, 0.15) is 15.9 Å². The molecule has 2 rings (SSSR count). The molecule has 1 heterocycles. The second-order valence-corrected chi connectivity index (χ2v) is 4.95. The van der Waals surface area contributed by atoms with Gasteiger partial charge in [0, 0.05) is 18.5 Å². The maximum atomic E-state index is 12.0. The fourth-order valence-electron chi connectivity index (χ4n) is 2.05. The van der Waals surface area contributed by atoms with Crippen LogP contribution in [0.25, 0.3) is 6.08 Å². The summed E-state index contributed by atoms with van der Waals surface area (Å²) in [4.78, 5) is 26.9. The van der Waals surface area contributed by atoms with Crippen LogP contribution in [0.2, 0.25) is 0 Å². The average molecular weight is 352 g/mol. The summed E-state index contributed by atoms with van der Waals surface area (Å²) >= 11 is 0. The van der Waals surface area contributed by atoms with E-state index in [4.69, 9.17) is 21.0 Å². The number of hydrogen-bond acceptors (Lipinski definition) is 5. The average Bonchev–Trinajstić information content (AvgIpc) is 2.65. The van der Waals surface area contributed by atoms with Crippen molar-refractivity contribution in [2.75, 3.05) is 19.0 Å². The van der Waals surface area contributed by atoms with Gasteiger partial charge in [-0.15, -0.1) is 6.42 Å². The van der Waals surface area contributed by atoms with E-state index >= 15 is 0 Å². The van der Waals surface area contributed by atoms with E-state index in [0.29, 0.717) is 17.1 Å². The van der Waals surface area contributed by atoms with Crippen molar-refractivity contribution in [3.05, 3.63) is 53.9 Å². The third kappa shape index (κ3) is 4.85. The number of carboxylic acid groups (broad SMARTS) is 1. The Morgan fingerprint density at radius 1 is 1.35 bits per heavy atom. The van der Waals surface area contributed by atoms with E-state index in [-0.39, 0.29) is 17.9 Å². The van der Waals surface area contributed by atoms with Crippen LogP contribution >= 0.6 is 0 Å². The number of terminal acetylenes is 1. The number of methoxy groups -OCH3 is 1. The molecular formula is C19H16N2O5. The standard InChI is InChI=1S/C19H16N2O5/c1-3-10-26-16-6-4-13(11-17(16)25-2)5-7-18(22)21-15-8-9-20-12-14(15)19(23)24/h1,4-9,11-12H,10H2,2H3,(H,23,24)(H,20,21,22)/b7-5+. The topological polar surface area (TPSA) is 97.8 Å². The molecule has 0 atom stereocenters. The van der Waals surface area contributed by atoms with E-state index in [1.165, 1.54) is 31.6 Å². The number of carbonyl (C=O) groups is 2. The maximum Gasteiger partial charge on any atom is 0.339 e. The van der Waals surface area contributed by atoms with Crippen molar-refractivity contribution in [1.29, 1.82) is 0 Å². The summed E-state index contributed by atoms with van der Waals surface area (Å²) in [5, 5.41) is 11.6. The van der Waals surface area contributed by atoms with Gasteiger partial charge in [-0.05, 0) is 29.8 Å². The van der Waals surface area contributed by atoms with Crippen molar-refractivity contribution in [2.24, 2.45) is 0 Å². The van der Waals surface area contributed by atoms with Gasteiger partial charge in [0.1, 0.15) is 12.2 Å². The number of nitrogens with zero attached hydrogens (tertiary/aromatic N) is 1. The predicted octanol–water partition coefficient (Wildman–Crippen LogP) is 2.45. The lowest BCUT2D eigenvalue weighted by molar-refractivity contribution is -0.111. The molecule has 1 amide bonds. The van der Waals surface area contributed by atoms with E-state index in [9.17, 15) is 9.59 Å². The highest BCUT2D eigenvalue weighted by Gasteiger charge is 2.11. The third-order valence-electron chi connectivity index (χ3n) is 3.24. The maximum absolute atomic E-state index is 12.0. The van der Waals surface area contributed by atoms with Gasteiger partial charge in [-0.25, -0.2) is 4.79 Å². The van der Waals surface area contributed by atoms with E-state index < -0.39 is 11.9 Å². The molecule has 0 unspecified atom stereocenters. The van der Waals surface area contributed by atoms with Gasteiger partial charge in [-0.2, -0.15) is 0 Å². The molecule has 0 aliphatic rings. The van der Waals surface area contributed by atoms with Gasteiger partial charge in [-0.1, -0.05) is 12.0 Å². The van der Waals surface area contributed by atoms with Crippen LogP contribution in [0.4, 0.5) is 5.69 Å². The van der Waals surface area contributed by atoms with Crippen molar-refractivity contribution in [3.8, 4) is 23.8 Å². The molecule has 26 heavy (non-hydrogen) atoms. The summed E-state index contributed by atoms with van der Waals surface area (Å²) in [7, 11) is 1.50. The highest BCUT2D eigenvalue weighted by atomic mass is 16.5. The van der Waals surface area contributed by atoms with Crippen LogP contribution in [0.5, 0.6) is 11.5 Å². The van der Waals surface area contributed by atoms with Crippen molar-refractivity contribution in [3.63, 3.8) is 0 Å².